The van der Waals surface area contributed by atoms with E-state index < -0.39 is 0 Å². The van der Waals surface area contributed by atoms with E-state index in [1.54, 1.807) is 13.2 Å². The summed E-state index contributed by atoms with van der Waals surface area (Å²) >= 11 is 6.22. The molecular weight excluding hydrogens is 291 g/mol. The van der Waals surface area contributed by atoms with Crippen LogP contribution in [0.2, 0.25) is 5.15 Å². The van der Waals surface area contributed by atoms with E-state index in [0.717, 1.165) is 0 Å². The van der Waals surface area contributed by atoms with Crippen molar-refractivity contribution in [3.05, 3.63) is 40.6 Å². The lowest BCUT2D eigenvalue weighted by atomic mass is 9.95. The van der Waals surface area contributed by atoms with Crippen LogP contribution in [-0.4, -0.2) is 17.1 Å². The highest BCUT2D eigenvalue weighted by Crippen LogP contribution is 2.35. The number of ether oxygens (including phenoxy) is 1. The summed E-state index contributed by atoms with van der Waals surface area (Å²) in [7, 11) is 1.54. The van der Waals surface area contributed by atoms with Gasteiger partial charge in [-0.3, -0.25) is 0 Å². The highest BCUT2D eigenvalue weighted by Gasteiger charge is 2.22. The molecule has 2 aromatic rings. The van der Waals surface area contributed by atoms with Gasteiger partial charge >= 0.3 is 0 Å². The van der Waals surface area contributed by atoms with Gasteiger partial charge in [-0.2, -0.15) is 0 Å². The maximum Gasteiger partial charge on any atom is 0.136 e. The minimum absolute atomic E-state index is 0.257. The maximum atomic E-state index is 13.6. The largest absolute Gasteiger partial charge is 0.496 e. The molecule has 0 N–H and O–H groups in total. The highest BCUT2D eigenvalue weighted by atomic mass is 35.5. The molecule has 0 amide bonds. The van der Waals surface area contributed by atoms with Crippen molar-refractivity contribution in [2.24, 2.45) is 0 Å². The Hall–Kier alpha value is -1.68. The van der Waals surface area contributed by atoms with Crippen molar-refractivity contribution in [2.45, 2.75) is 33.1 Å². The number of methoxy groups -OCH3 is 1. The SMILES string of the molecule is COc1ccc(F)cc1-c1nc(C(C)(C)C)nc(Cl)c1C. The molecule has 2 rings (SSSR count). The summed E-state index contributed by atoms with van der Waals surface area (Å²) in [4.78, 5) is 8.91. The Morgan fingerprint density at radius 2 is 1.86 bits per heavy atom. The first-order chi connectivity index (χ1) is 9.74. The van der Waals surface area contributed by atoms with E-state index in [4.69, 9.17) is 16.3 Å². The third-order valence-electron chi connectivity index (χ3n) is 3.17. The summed E-state index contributed by atoms with van der Waals surface area (Å²) in [6.07, 6.45) is 0. The number of nitrogens with zero attached hydrogens (tertiary/aromatic N) is 2. The Morgan fingerprint density at radius 1 is 1.19 bits per heavy atom. The summed E-state index contributed by atoms with van der Waals surface area (Å²) in [6.45, 7) is 7.82. The molecule has 0 radical (unpaired) electrons. The van der Waals surface area contributed by atoms with E-state index in [2.05, 4.69) is 9.97 Å². The fourth-order valence-corrected chi connectivity index (χ4v) is 2.12. The number of benzene rings is 1. The molecule has 1 aromatic carbocycles. The molecule has 0 unspecified atom stereocenters. The average molecular weight is 309 g/mol. The van der Waals surface area contributed by atoms with Crippen LogP contribution >= 0.6 is 11.6 Å². The van der Waals surface area contributed by atoms with E-state index in [1.807, 2.05) is 27.7 Å². The first-order valence-electron chi connectivity index (χ1n) is 6.62. The number of hydrogen-bond acceptors (Lipinski definition) is 3. The quantitative estimate of drug-likeness (QED) is 0.763. The van der Waals surface area contributed by atoms with E-state index in [-0.39, 0.29) is 11.2 Å². The topological polar surface area (TPSA) is 35.0 Å². The normalized spacial score (nSPS) is 11.6. The first kappa shape index (κ1) is 15.7. The number of rotatable bonds is 2. The molecule has 3 nitrogen and oxygen atoms in total. The monoisotopic (exact) mass is 308 g/mol. The lowest BCUT2D eigenvalue weighted by molar-refractivity contribution is 0.415. The fraction of sp³-hybridized carbons (Fsp3) is 0.375. The number of hydrogen-bond donors (Lipinski definition) is 0. The van der Waals surface area contributed by atoms with Gasteiger partial charge < -0.3 is 4.74 Å². The van der Waals surface area contributed by atoms with Crippen molar-refractivity contribution < 1.29 is 9.13 Å². The molecule has 0 aliphatic rings. The third kappa shape index (κ3) is 3.16. The standard InChI is InChI=1S/C16H18ClFN2O/c1-9-13(11-8-10(18)6-7-12(11)21-5)19-15(16(2,3)4)20-14(9)17/h6-8H,1-5H3. The molecule has 1 aromatic heterocycles. The van der Waals surface area contributed by atoms with Crippen LogP contribution in [0.3, 0.4) is 0 Å². The predicted molar refractivity (Wildman–Crippen MR) is 82.4 cm³/mol. The molecule has 21 heavy (non-hydrogen) atoms. The minimum atomic E-state index is -0.350. The van der Waals surface area contributed by atoms with Crippen molar-refractivity contribution in [1.29, 1.82) is 0 Å². The van der Waals surface area contributed by atoms with Crippen LogP contribution in [0.25, 0.3) is 11.3 Å². The van der Waals surface area contributed by atoms with Gasteiger partial charge in [0.25, 0.3) is 0 Å². The summed E-state index contributed by atoms with van der Waals surface area (Å²) in [5, 5.41) is 0.372. The van der Waals surface area contributed by atoms with Gasteiger partial charge in [0, 0.05) is 16.5 Å². The molecule has 112 valence electrons. The van der Waals surface area contributed by atoms with Crippen molar-refractivity contribution in [2.75, 3.05) is 7.11 Å². The smallest absolute Gasteiger partial charge is 0.136 e. The van der Waals surface area contributed by atoms with Crippen molar-refractivity contribution in [1.82, 2.24) is 9.97 Å². The lowest BCUT2D eigenvalue weighted by Gasteiger charge is -2.19. The molecule has 0 aliphatic carbocycles. The average Bonchev–Trinajstić information content (AvgIpc) is 2.40. The Bertz CT molecular complexity index is 681. The molecule has 0 spiro atoms. The molecular formula is C16H18ClFN2O. The minimum Gasteiger partial charge on any atom is -0.496 e. The molecule has 0 saturated carbocycles. The first-order valence-corrected chi connectivity index (χ1v) is 7.00. The summed E-state index contributed by atoms with van der Waals surface area (Å²) in [6, 6.07) is 4.33. The van der Waals surface area contributed by atoms with Crippen LogP contribution in [0.5, 0.6) is 5.75 Å². The second kappa shape index (κ2) is 5.60. The van der Waals surface area contributed by atoms with Crippen molar-refractivity contribution >= 4 is 11.6 Å². The molecule has 0 atom stereocenters. The third-order valence-corrected chi connectivity index (χ3v) is 3.54. The van der Waals surface area contributed by atoms with Crippen LogP contribution < -0.4 is 4.74 Å². The fourth-order valence-electron chi connectivity index (χ4n) is 1.95. The molecule has 0 bridgehead atoms. The summed E-state index contributed by atoms with van der Waals surface area (Å²) in [5.41, 5.74) is 1.61. The predicted octanol–water partition coefficient (Wildman–Crippen LogP) is 4.55. The Balaban J connectivity index is 2.74. The van der Waals surface area contributed by atoms with Crippen molar-refractivity contribution in [3.8, 4) is 17.0 Å². The summed E-state index contributed by atoms with van der Waals surface area (Å²) < 4.78 is 18.9. The zero-order valence-electron chi connectivity index (χ0n) is 12.8. The van der Waals surface area contributed by atoms with Crippen LogP contribution in [0.1, 0.15) is 32.2 Å². The van der Waals surface area contributed by atoms with Gasteiger partial charge in [-0.25, -0.2) is 14.4 Å². The van der Waals surface area contributed by atoms with Crippen LogP contribution in [0.15, 0.2) is 18.2 Å². The molecule has 5 heteroatoms. The van der Waals surface area contributed by atoms with Gasteiger partial charge in [0.1, 0.15) is 22.5 Å². The van der Waals surface area contributed by atoms with Crippen LogP contribution in [-0.2, 0) is 5.41 Å². The van der Waals surface area contributed by atoms with E-state index in [9.17, 15) is 4.39 Å². The second-order valence-electron chi connectivity index (χ2n) is 5.91. The van der Waals surface area contributed by atoms with Gasteiger partial charge in [0.05, 0.1) is 12.8 Å². The number of aromatic nitrogens is 2. The Morgan fingerprint density at radius 3 is 2.43 bits per heavy atom. The highest BCUT2D eigenvalue weighted by molar-refractivity contribution is 6.30. The maximum absolute atomic E-state index is 13.6. The number of halogens is 2. The van der Waals surface area contributed by atoms with E-state index >= 15 is 0 Å². The van der Waals surface area contributed by atoms with Crippen LogP contribution in [0.4, 0.5) is 4.39 Å². The second-order valence-corrected chi connectivity index (χ2v) is 6.26. The Kier molecular flexibility index (Phi) is 4.19. The van der Waals surface area contributed by atoms with Crippen LogP contribution in [0, 0.1) is 12.7 Å². The molecule has 0 saturated heterocycles. The van der Waals surface area contributed by atoms with Gasteiger partial charge in [-0.05, 0) is 25.1 Å². The zero-order chi connectivity index (χ0) is 15.8. The molecule has 1 heterocycles. The molecule has 0 aliphatic heterocycles. The van der Waals surface area contributed by atoms with Gasteiger partial charge in [-0.1, -0.05) is 32.4 Å². The van der Waals surface area contributed by atoms with E-state index in [1.165, 1.54) is 12.1 Å². The zero-order valence-corrected chi connectivity index (χ0v) is 13.5. The van der Waals surface area contributed by atoms with Gasteiger partial charge in [-0.15, -0.1) is 0 Å². The van der Waals surface area contributed by atoms with Crippen molar-refractivity contribution in [3.63, 3.8) is 0 Å². The molecule has 0 fully saturated rings. The lowest BCUT2D eigenvalue weighted by Crippen LogP contribution is -2.17. The van der Waals surface area contributed by atoms with Gasteiger partial charge in [0.15, 0.2) is 0 Å². The van der Waals surface area contributed by atoms with E-state index in [0.29, 0.717) is 33.5 Å². The summed E-state index contributed by atoms with van der Waals surface area (Å²) in [5.74, 6) is 0.811. The van der Waals surface area contributed by atoms with Gasteiger partial charge in [0.2, 0.25) is 0 Å². The Labute approximate surface area is 129 Å².